The molecule has 4 nitrogen and oxygen atoms in total. The Hall–Kier alpha value is -1.03. The molecular weight excluding hydrogens is 178 g/mol. The van der Waals surface area contributed by atoms with Crippen LogP contribution in [0, 0.1) is 5.92 Å². The van der Waals surface area contributed by atoms with Gasteiger partial charge in [-0.25, -0.2) is 4.98 Å². The highest BCUT2D eigenvalue weighted by Gasteiger charge is 2.17. The molecule has 0 saturated carbocycles. The number of likely N-dealkylation sites (tertiary alicyclic amines) is 1. The zero-order valence-corrected chi connectivity index (χ0v) is 8.57. The first-order valence-electron chi connectivity index (χ1n) is 5.16. The molecule has 4 heteroatoms. The van der Waals surface area contributed by atoms with Crippen molar-refractivity contribution < 1.29 is 4.42 Å². The molecule has 0 bridgehead atoms. The molecule has 2 N–H and O–H groups in total. The SMILES string of the molecule is CC1CCCN(Cc2cnc(N)o2)C1. The Kier molecular flexibility index (Phi) is 2.72. The van der Waals surface area contributed by atoms with Crippen LogP contribution in [0.15, 0.2) is 10.6 Å². The summed E-state index contributed by atoms with van der Waals surface area (Å²) >= 11 is 0. The maximum Gasteiger partial charge on any atom is 0.292 e. The molecule has 1 aliphatic heterocycles. The first-order valence-corrected chi connectivity index (χ1v) is 5.16. The van der Waals surface area contributed by atoms with Gasteiger partial charge >= 0.3 is 0 Å². The lowest BCUT2D eigenvalue weighted by Crippen LogP contribution is -2.33. The van der Waals surface area contributed by atoms with E-state index in [9.17, 15) is 0 Å². The van der Waals surface area contributed by atoms with Crippen LogP contribution in [0.5, 0.6) is 0 Å². The highest BCUT2D eigenvalue weighted by Crippen LogP contribution is 2.18. The Morgan fingerprint density at radius 3 is 3.21 bits per heavy atom. The van der Waals surface area contributed by atoms with E-state index in [4.69, 9.17) is 10.2 Å². The summed E-state index contributed by atoms with van der Waals surface area (Å²) in [6, 6.07) is 0.269. The predicted molar refractivity (Wildman–Crippen MR) is 54.6 cm³/mol. The van der Waals surface area contributed by atoms with E-state index in [-0.39, 0.29) is 6.01 Å². The number of oxazole rings is 1. The fourth-order valence-electron chi connectivity index (χ4n) is 2.05. The van der Waals surface area contributed by atoms with E-state index in [0.717, 1.165) is 31.3 Å². The molecule has 1 saturated heterocycles. The smallest absolute Gasteiger partial charge is 0.292 e. The molecule has 1 aromatic heterocycles. The van der Waals surface area contributed by atoms with Crippen LogP contribution >= 0.6 is 0 Å². The minimum Gasteiger partial charge on any atom is -0.428 e. The van der Waals surface area contributed by atoms with Gasteiger partial charge in [-0.3, -0.25) is 4.90 Å². The Bertz CT molecular complexity index is 297. The third-order valence-electron chi connectivity index (χ3n) is 2.69. The fourth-order valence-corrected chi connectivity index (χ4v) is 2.05. The van der Waals surface area contributed by atoms with E-state index in [1.807, 2.05) is 0 Å². The second-order valence-corrected chi connectivity index (χ2v) is 4.15. The van der Waals surface area contributed by atoms with Gasteiger partial charge in [0.05, 0.1) is 12.7 Å². The van der Waals surface area contributed by atoms with Gasteiger partial charge in [0.25, 0.3) is 6.01 Å². The Balaban J connectivity index is 1.90. The third-order valence-corrected chi connectivity index (χ3v) is 2.69. The number of nitrogen functional groups attached to an aromatic ring is 1. The number of anilines is 1. The van der Waals surface area contributed by atoms with Gasteiger partial charge in [0.15, 0.2) is 0 Å². The average Bonchev–Trinajstić information content (AvgIpc) is 2.51. The summed E-state index contributed by atoms with van der Waals surface area (Å²) in [5, 5.41) is 0. The summed E-state index contributed by atoms with van der Waals surface area (Å²) in [6.07, 6.45) is 4.34. The van der Waals surface area contributed by atoms with Gasteiger partial charge in [0.2, 0.25) is 0 Å². The van der Waals surface area contributed by atoms with Crippen molar-refractivity contribution >= 4 is 6.01 Å². The highest BCUT2D eigenvalue weighted by atomic mass is 16.4. The summed E-state index contributed by atoms with van der Waals surface area (Å²) < 4.78 is 5.25. The van der Waals surface area contributed by atoms with Crippen LogP contribution in [-0.2, 0) is 6.54 Å². The molecule has 2 heterocycles. The lowest BCUT2D eigenvalue weighted by atomic mass is 10.0. The molecular formula is C10H17N3O. The normalized spacial score (nSPS) is 23.9. The molecule has 0 spiro atoms. The molecule has 1 fully saturated rings. The summed E-state index contributed by atoms with van der Waals surface area (Å²) in [5.41, 5.74) is 5.41. The first-order chi connectivity index (χ1) is 6.74. The van der Waals surface area contributed by atoms with Crippen molar-refractivity contribution in [2.24, 2.45) is 5.92 Å². The zero-order valence-electron chi connectivity index (χ0n) is 8.57. The summed E-state index contributed by atoms with van der Waals surface area (Å²) in [4.78, 5) is 6.28. The number of hydrogen-bond acceptors (Lipinski definition) is 4. The van der Waals surface area contributed by atoms with Gasteiger partial charge in [-0.2, -0.15) is 0 Å². The van der Waals surface area contributed by atoms with Gasteiger partial charge in [-0.1, -0.05) is 6.92 Å². The van der Waals surface area contributed by atoms with E-state index in [1.165, 1.54) is 12.8 Å². The molecule has 0 amide bonds. The van der Waals surface area contributed by atoms with Crippen molar-refractivity contribution in [3.63, 3.8) is 0 Å². The van der Waals surface area contributed by atoms with Gasteiger partial charge in [-0.05, 0) is 25.3 Å². The van der Waals surface area contributed by atoms with Crippen LogP contribution in [0.3, 0.4) is 0 Å². The number of hydrogen-bond donors (Lipinski definition) is 1. The second kappa shape index (κ2) is 4.00. The van der Waals surface area contributed by atoms with Crippen LogP contribution in [0.4, 0.5) is 6.01 Å². The van der Waals surface area contributed by atoms with Crippen molar-refractivity contribution in [2.45, 2.75) is 26.3 Å². The lowest BCUT2D eigenvalue weighted by molar-refractivity contribution is 0.166. The number of piperidine rings is 1. The molecule has 78 valence electrons. The second-order valence-electron chi connectivity index (χ2n) is 4.15. The Labute approximate surface area is 84.1 Å². The summed E-state index contributed by atoms with van der Waals surface area (Å²) in [5.74, 6) is 1.67. The van der Waals surface area contributed by atoms with E-state index >= 15 is 0 Å². The Morgan fingerprint density at radius 1 is 1.71 bits per heavy atom. The predicted octanol–water partition coefficient (Wildman–Crippen LogP) is 1.49. The largest absolute Gasteiger partial charge is 0.428 e. The molecule has 0 aliphatic carbocycles. The maximum absolute atomic E-state index is 5.41. The van der Waals surface area contributed by atoms with E-state index < -0.39 is 0 Å². The molecule has 0 aromatic carbocycles. The molecule has 1 atom stereocenters. The molecule has 0 radical (unpaired) electrons. The highest BCUT2D eigenvalue weighted by molar-refractivity contribution is 5.10. The monoisotopic (exact) mass is 195 g/mol. The number of nitrogens with two attached hydrogens (primary N) is 1. The minimum absolute atomic E-state index is 0.269. The van der Waals surface area contributed by atoms with Crippen molar-refractivity contribution in [1.82, 2.24) is 9.88 Å². The van der Waals surface area contributed by atoms with Crippen LogP contribution < -0.4 is 5.73 Å². The standard InChI is InChI=1S/C10H17N3O/c1-8-3-2-4-13(6-8)7-9-5-12-10(11)14-9/h5,8H,2-4,6-7H2,1H3,(H2,11,12). The van der Waals surface area contributed by atoms with Crippen molar-refractivity contribution in [1.29, 1.82) is 0 Å². The quantitative estimate of drug-likeness (QED) is 0.776. The molecule has 1 aromatic rings. The van der Waals surface area contributed by atoms with Gasteiger partial charge in [0.1, 0.15) is 5.76 Å². The van der Waals surface area contributed by atoms with Gasteiger partial charge in [0, 0.05) is 6.54 Å². The van der Waals surface area contributed by atoms with Gasteiger partial charge in [-0.15, -0.1) is 0 Å². The average molecular weight is 195 g/mol. The number of aromatic nitrogens is 1. The van der Waals surface area contributed by atoms with Crippen molar-refractivity contribution in [2.75, 3.05) is 18.8 Å². The summed E-state index contributed by atoms with van der Waals surface area (Å²) in [6.45, 7) is 5.45. The van der Waals surface area contributed by atoms with E-state index in [2.05, 4.69) is 16.8 Å². The van der Waals surface area contributed by atoms with Crippen LogP contribution in [0.2, 0.25) is 0 Å². The molecule has 14 heavy (non-hydrogen) atoms. The molecule has 1 aliphatic rings. The van der Waals surface area contributed by atoms with Gasteiger partial charge < -0.3 is 10.2 Å². The van der Waals surface area contributed by atoms with Crippen LogP contribution in [0.25, 0.3) is 0 Å². The molecule has 2 rings (SSSR count). The van der Waals surface area contributed by atoms with Crippen LogP contribution in [0.1, 0.15) is 25.5 Å². The topological polar surface area (TPSA) is 55.3 Å². The first kappa shape index (κ1) is 9.52. The van der Waals surface area contributed by atoms with Crippen molar-refractivity contribution in [3.05, 3.63) is 12.0 Å². The minimum atomic E-state index is 0.269. The van der Waals surface area contributed by atoms with E-state index in [1.54, 1.807) is 6.20 Å². The maximum atomic E-state index is 5.41. The van der Waals surface area contributed by atoms with Crippen molar-refractivity contribution in [3.8, 4) is 0 Å². The zero-order chi connectivity index (χ0) is 9.97. The lowest BCUT2D eigenvalue weighted by Gasteiger charge is -2.29. The van der Waals surface area contributed by atoms with Crippen LogP contribution in [-0.4, -0.2) is 23.0 Å². The number of rotatable bonds is 2. The third kappa shape index (κ3) is 2.26. The summed E-state index contributed by atoms with van der Waals surface area (Å²) in [7, 11) is 0. The number of nitrogens with zero attached hydrogens (tertiary/aromatic N) is 2. The fraction of sp³-hybridized carbons (Fsp3) is 0.700. The molecule has 1 unspecified atom stereocenters. The Morgan fingerprint density at radius 2 is 2.57 bits per heavy atom. The van der Waals surface area contributed by atoms with E-state index in [0.29, 0.717) is 0 Å².